The molecular formula is C31H30BN4O5S. The zero-order chi connectivity index (χ0) is 29.4. The summed E-state index contributed by atoms with van der Waals surface area (Å²) < 4.78 is 5.97. The van der Waals surface area contributed by atoms with E-state index < -0.39 is 6.10 Å². The summed E-state index contributed by atoms with van der Waals surface area (Å²) in [5.41, 5.74) is 2.47. The van der Waals surface area contributed by atoms with Crippen LogP contribution in [-0.2, 0) is 4.79 Å². The van der Waals surface area contributed by atoms with Gasteiger partial charge in [-0.2, -0.15) is 0 Å². The molecule has 2 unspecified atom stereocenters. The van der Waals surface area contributed by atoms with Crippen LogP contribution in [0.5, 0.6) is 11.5 Å². The molecule has 2 aromatic carbocycles. The quantitative estimate of drug-likeness (QED) is 0.243. The van der Waals surface area contributed by atoms with E-state index in [1.165, 1.54) is 11.3 Å². The average molecular weight is 581 g/mol. The molecule has 3 amide bonds. The van der Waals surface area contributed by atoms with E-state index in [1.807, 2.05) is 55.5 Å². The third-order valence-electron chi connectivity index (χ3n) is 7.53. The number of aromatic nitrogens is 1. The Balaban J connectivity index is 1.26. The first kappa shape index (κ1) is 27.9. The summed E-state index contributed by atoms with van der Waals surface area (Å²) >= 11 is 1.26. The van der Waals surface area contributed by atoms with Crippen molar-refractivity contribution in [1.82, 2.24) is 9.88 Å². The second-order valence-electron chi connectivity index (χ2n) is 10.8. The lowest BCUT2D eigenvalue weighted by Crippen LogP contribution is -2.41. The fourth-order valence-corrected chi connectivity index (χ4v) is 6.65. The van der Waals surface area contributed by atoms with Gasteiger partial charge in [-0.05, 0) is 68.0 Å². The number of likely N-dealkylation sites (tertiary alicyclic amines) is 1. The van der Waals surface area contributed by atoms with E-state index in [2.05, 4.69) is 10.3 Å². The van der Waals surface area contributed by atoms with Crippen LogP contribution in [0.25, 0.3) is 10.2 Å². The summed E-state index contributed by atoms with van der Waals surface area (Å²) in [7, 11) is 1.66. The number of pyridine rings is 1. The Hall–Kier alpha value is -4.22. The van der Waals surface area contributed by atoms with Gasteiger partial charge in [0.1, 0.15) is 22.0 Å². The maximum Gasteiger partial charge on any atom is 0.331 e. The number of nitrogens with zero attached hydrogens (tertiary/aromatic N) is 3. The van der Waals surface area contributed by atoms with Crippen molar-refractivity contribution in [3.05, 3.63) is 71.2 Å². The normalized spacial score (nSPS) is 17.1. The third-order valence-corrected chi connectivity index (χ3v) is 8.64. The molecule has 1 fully saturated rings. The number of benzene rings is 2. The molecular weight excluding hydrogens is 551 g/mol. The number of carbonyl (C=O) groups is 3. The van der Waals surface area contributed by atoms with E-state index in [1.54, 1.807) is 36.3 Å². The van der Waals surface area contributed by atoms with Crippen LogP contribution in [0, 0.1) is 6.92 Å². The number of ether oxygens (including phenoxy) is 1. The second-order valence-corrected chi connectivity index (χ2v) is 11.8. The van der Waals surface area contributed by atoms with Gasteiger partial charge in [-0.25, -0.2) is 9.78 Å². The molecule has 6 rings (SSSR count). The molecule has 9 nitrogen and oxygen atoms in total. The van der Waals surface area contributed by atoms with Crippen LogP contribution >= 0.6 is 11.3 Å². The molecule has 0 spiro atoms. The molecule has 0 bridgehead atoms. The Morgan fingerprint density at radius 1 is 1.17 bits per heavy atom. The lowest BCUT2D eigenvalue weighted by atomic mass is 9.58. The minimum atomic E-state index is -0.704. The number of piperidine rings is 1. The molecule has 0 aliphatic carbocycles. The average Bonchev–Trinajstić information content (AvgIpc) is 3.34. The van der Waals surface area contributed by atoms with Crippen LogP contribution in [0.1, 0.15) is 41.4 Å². The number of nitrogens with one attached hydrogen (secondary N) is 1. The molecule has 1 radical (unpaired) electrons. The molecule has 2 N–H and O–H groups in total. The second kappa shape index (κ2) is 11.6. The number of para-hydroxylation sites is 1. The van der Waals surface area contributed by atoms with Crippen LogP contribution in [0.4, 0.5) is 21.9 Å². The summed E-state index contributed by atoms with van der Waals surface area (Å²) in [4.78, 5) is 48.5. The fraction of sp³-hybridized carbons (Fsp3) is 0.290. The lowest BCUT2D eigenvalue weighted by Gasteiger charge is -2.32. The highest BCUT2D eigenvalue weighted by molar-refractivity contribution is 7.23. The van der Waals surface area contributed by atoms with Crippen molar-refractivity contribution in [3.8, 4) is 11.5 Å². The van der Waals surface area contributed by atoms with Gasteiger partial charge in [0.25, 0.3) is 0 Å². The topological polar surface area (TPSA) is 112 Å². The molecule has 11 heteroatoms. The SMILES string of the molecule is Cc1cc(Oc2ccccc2)ccc1N1C(=O)Nc2c(C(=O)[B]C3CCCN(C(=O)CC(C)O)C3)sc3nccc1c23. The highest BCUT2D eigenvalue weighted by atomic mass is 32.1. The largest absolute Gasteiger partial charge is 0.457 e. The van der Waals surface area contributed by atoms with Crippen molar-refractivity contribution in [2.24, 2.45) is 0 Å². The molecule has 0 saturated carbocycles. The monoisotopic (exact) mass is 581 g/mol. The van der Waals surface area contributed by atoms with E-state index in [0.717, 1.165) is 29.5 Å². The van der Waals surface area contributed by atoms with Gasteiger partial charge in [-0.15, -0.1) is 11.3 Å². The number of aryl methyl sites for hydroxylation is 1. The number of urea groups is 1. The number of hydrogen-bond acceptors (Lipinski definition) is 7. The van der Waals surface area contributed by atoms with Crippen molar-refractivity contribution < 1.29 is 24.2 Å². The maximum atomic E-state index is 13.6. The van der Waals surface area contributed by atoms with Gasteiger partial charge in [0.15, 0.2) is 0 Å². The predicted molar refractivity (Wildman–Crippen MR) is 164 cm³/mol. The van der Waals surface area contributed by atoms with Gasteiger partial charge in [0, 0.05) is 19.3 Å². The summed E-state index contributed by atoms with van der Waals surface area (Å²) in [5, 5.41) is 13.3. The number of carbonyl (C=O) groups excluding carboxylic acids is 3. The van der Waals surface area contributed by atoms with Gasteiger partial charge in [0.05, 0.1) is 39.9 Å². The Kier molecular flexibility index (Phi) is 7.70. The zero-order valence-electron chi connectivity index (χ0n) is 23.4. The van der Waals surface area contributed by atoms with Crippen LogP contribution in [0.3, 0.4) is 0 Å². The predicted octanol–water partition coefficient (Wildman–Crippen LogP) is 6.11. The van der Waals surface area contributed by atoms with E-state index in [-0.39, 0.29) is 29.9 Å². The van der Waals surface area contributed by atoms with Crippen molar-refractivity contribution in [2.45, 2.75) is 45.0 Å². The zero-order valence-corrected chi connectivity index (χ0v) is 24.2. The number of aliphatic hydroxyl groups excluding tert-OH is 1. The number of aliphatic hydroxyl groups is 1. The first-order chi connectivity index (χ1) is 20.3. The number of hydrogen-bond donors (Lipinski definition) is 2. The van der Waals surface area contributed by atoms with Gasteiger partial charge >= 0.3 is 6.03 Å². The first-order valence-electron chi connectivity index (χ1n) is 14.0. The molecule has 42 heavy (non-hydrogen) atoms. The van der Waals surface area contributed by atoms with Crippen LogP contribution in [0.15, 0.2) is 60.8 Å². The summed E-state index contributed by atoms with van der Waals surface area (Å²) in [6.07, 6.45) is 2.59. The number of thiophene rings is 1. The smallest absolute Gasteiger partial charge is 0.331 e. The highest BCUT2D eigenvalue weighted by Gasteiger charge is 2.35. The molecule has 2 aliphatic heterocycles. The number of rotatable bonds is 8. The molecule has 1 saturated heterocycles. The van der Waals surface area contributed by atoms with E-state index in [0.29, 0.717) is 45.6 Å². The minimum Gasteiger partial charge on any atom is -0.457 e. The summed E-state index contributed by atoms with van der Waals surface area (Å²) in [6.45, 7) is 4.57. The summed E-state index contributed by atoms with van der Waals surface area (Å²) in [6, 6.07) is 16.5. The van der Waals surface area contributed by atoms with E-state index in [4.69, 9.17) is 4.74 Å². The third kappa shape index (κ3) is 5.49. The number of anilines is 3. The highest BCUT2D eigenvalue weighted by Crippen LogP contribution is 2.47. The van der Waals surface area contributed by atoms with Crippen LogP contribution < -0.4 is 15.0 Å². The molecule has 2 atom stereocenters. The van der Waals surface area contributed by atoms with Crippen molar-refractivity contribution >= 4 is 63.5 Å². The van der Waals surface area contributed by atoms with Crippen molar-refractivity contribution in [1.29, 1.82) is 0 Å². The van der Waals surface area contributed by atoms with Crippen molar-refractivity contribution in [3.63, 3.8) is 0 Å². The van der Waals surface area contributed by atoms with Gasteiger partial charge in [0.2, 0.25) is 13.2 Å². The fourth-order valence-electron chi connectivity index (χ4n) is 5.61. The van der Waals surface area contributed by atoms with Gasteiger partial charge < -0.3 is 24.9 Å². The maximum absolute atomic E-state index is 13.6. The lowest BCUT2D eigenvalue weighted by molar-refractivity contribution is -0.133. The van der Waals surface area contributed by atoms with Gasteiger partial charge in [-0.1, -0.05) is 24.6 Å². The Morgan fingerprint density at radius 2 is 1.98 bits per heavy atom. The Bertz CT molecular complexity index is 1670. The molecule has 4 aromatic rings. The summed E-state index contributed by atoms with van der Waals surface area (Å²) in [5.74, 6) is 1.17. The Labute approximate surface area is 248 Å². The van der Waals surface area contributed by atoms with E-state index >= 15 is 0 Å². The first-order valence-corrected chi connectivity index (χ1v) is 14.8. The number of amides is 3. The molecule has 4 heterocycles. The standard InChI is InChI=1S/C31H30BN4O5S/c1-18-15-22(41-21-8-4-3-5-9-21)10-11-23(18)36-24-12-13-33-30-26(24)27(34-31(36)40)28(42-30)29(39)32-20-7-6-14-35(17-20)25(38)16-19(2)37/h3-5,8-13,15,19-20,37H,6-7,14,16-17H2,1-2H3,(H,34,40). The molecule has 2 aromatic heterocycles. The molecule has 2 aliphatic rings. The van der Waals surface area contributed by atoms with E-state index in [9.17, 15) is 19.5 Å². The van der Waals surface area contributed by atoms with Gasteiger partial charge in [-0.3, -0.25) is 9.69 Å². The van der Waals surface area contributed by atoms with Crippen LogP contribution in [0.2, 0.25) is 5.82 Å². The van der Waals surface area contributed by atoms with Crippen molar-refractivity contribution in [2.75, 3.05) is 23.3 Å². The minimum absolute atomic E-state index is 0.0698. The van der Waals surface area contributed by atoms with Crippen LogP contribution in [-0.4, -0.2) is 59.1 Å². The molecule has 213 valence electrons. The Morgan fingerprint density at radius 3 is 2.74 bits per heavy atom.